The van der Waals surface area contributed by atoms with Crippen LogP contribution in [0.5, 0.6) is 0 Å². The number of aliphatic hydroxyl groups excluding tert-OH is 1. The summed E-state index contributed by atoms with van der Waals surface area (Å²) in [7, 11) is -0.504. The van der Waals surface area contributed by atoms with E-state index in [1.165, 1.54) is 18.5 Å². The van der Waals surface area contributed by atoms with Gasteiger partial charge in [-0.25, -0.2) is 0 Å². The molecular formula is C19H28BNO3. The zero-order valence-electron chi connectivity index (χ0n) is 15.2. The van der Waals surface area contributed by atoms with Gasteiger partial charge >= 0.3 is 7.12 Å². The van der Waals surface area contributed by atoms with Crippen LogP contribution in [0.25, 0.3) is 6.08 Å². The van der Waals surface area contributed by atoms with Crippen LogP contribution >= 0.6 is 0 Å². The Kier molecular flexibility index (Phi) is 4.78. The lowest BCUT2D eigenvalue weighted by Crippen LogP contribution is -2.41. The molecule has 1 aromatic carbocycles. The second-order valence-electron chi connectivity index (χ2n) is 7.75. The number of aliphatic hydroxyl groups is 1. The monoisotopic (exact) mass is 329 g/mol. The average Bonchev–Trinajstić information content (AvgIpc) is 3.12. The van der Waals surface area contributed by atoms with E-state index in [0.29, 0.717) is 0 Å². The summed E-state index contributed by atoms with van der Waals surface area (Å²) in [4.78, 5) is 2.41. The molecular weight excluding hydrogens is 301 g/mol. The Bertz CT molecular complexity index is 605. The van der Waals surface area contributed by atoms with Crippen LogP contribution in [-0.2, 0) is 9.31 Å². The summed E-state index contributed by atoms with van der Waals surface area (Å²) in [6.07, 6.45) is 4.51. The van der Waals surface area contributed by atoms with Crippen LogP contribution in [-0.4, -0.2) is 43.1 Å². The van der Waals surface area contributed by atoms with Crippen molar-refractivity contribution in [3.8, 4) is 0 Å². The summed E-state index contributed by atoms with van der Waals surface area (Å²) in [6.45, 7) is 10.3. The van der Waals surface area contributed by atoms with Gasteiger partial charge < -0.3 is 19.3 Å². The van der Waals surface area contributed by atoms with Crippen molar-refractivity contribution in [3.63, 3.8) is 0 Å². The fourth-order valence-electron chi connectivity index (χ4n) is 3.18. The van der Waals surface area contributed by atoms with Crippen molar-refractivity contribution in [1.82, 2.24) is 0 Å². The zero-order valence-corrected chi connectivity index (χ0v) is 15.2. The smallest absolute Gasteiger partial charge is 0.400 e. The van der Waals surface area contributed by atoms with Gasteiger partial charge in [-0.15, -0.1) is 0 Å². The lowest BCUT2D eigenvalue weighted by atomic mass is 9.77. The number of anilines is 1. The average molecular weight is 329 g/mol. The normalized spacial score (nSPS) is 23.1. The van der Waals surface area contributed by atoms with Crippen LogP contribution in [0.1, 0.15) is 46.1 Å². The lowest BCUT2D eigenvalue weighted by Gasteiger charge is -2.32. The maximum Gasteiger partial charge on any atom is 0.492 e. The Morgan fingerprint density at radius 2 is 1.79 bits per heavy atom. The maximum atomic E-state index is 9.83. The van der Waals surface area contributed by atoms with Gasteiger partial charge in [0, 0.05) is 18.8 Å². The molecule has 1 N–H and O–H groups in total. The van der Waals surface area contributed by atoms with Gasteiger partial charge in [0.2, 0.25) is 0 Å². The van der Waals surface area contributed by atoms with Gasteiger partial charge in [-0.1, -0.05) is 18.2 Å². The molecule has 2 saturated heterocycles. The first-order valence-electron chi connectivity index (χ1n) is 8.84. The fraction of sp³-hybridized carbons (Fsp3) is 0.579. The molecule has 0 amide bonds. The minimum Gasteiger partial charge on any atom is -0.400 e. The second-order valence-corrected chi connectivity index (χ2v) is 7.75. The number of nitrogens with zero attached hydrogens (tertiary/aromatic N) is 1. The lowest BCUT2D eigenvalue weighted by molar-refractivity contribution is 0.00578. The molecule has 0 aromatic heterocycles. The second kappa shape index (κ2) is 6.55. The largest absolute Gasteiger partial charge is 0.492 e. The third-order valence-corrected chi connectivity index (χ3v) is 5.43. The highest BCUT2D eigenvalue weighted by atomic mass is 16.7. The highest BCUT2D eigenvalue weighted by molar-refractivity contribution is 6.55. The summed E-state index contributed by atoms with van der Waals surface area (Å²) in [5.41, 5.74) is 2.27. The van der Waals surface area contributed by atoms with Crippen molar-refractivity contribution in [1.29, 1.82) is 0 Å². The SMILES string of the molecule is CC1(C)OB(C(=Cc2cccc(N3CCCC3)c2)CO)OC1(C)C. The number of hydrogen-bond acceptors (Lipinski definition) is 4. The molecule has 3 rings (SSSR count). The van der Waals surface area contributed by atoms with Crippen LogP contribution in [0, 0.1) is 0 Å². The third kappa shape index (κ3) is 3.39. The molecule has 0 spiro atoms. The van der Waals surface area contributed by atoms with Gasteiger partial charge in [0.1, 0.15) is 0 Å². The van der Waals surface area contributed by atoms with Crippen LogP contribution < -0.4 is 4.90 Å². The first-order valence-corrected chi connectivity index (χ1v) is 8.84. The third-order valence-electron chi connectivity index (χ3n) is 5.43. The molecule has 0 bridgehead atoms. The maximum absolute atomic E-state index is 9.83. The fourth-order valence-corrected chi connectivity index (χ4v) is 3.18. The standard InChI is InChI=1S/C19H28BNO3/c1-18(2)19(3,4)24-20(23-18)16(14-22)12-15-8-7-9-17(13-15)21-10-5-6-11-21/h7-9,12-13,22H,5-6,10-11,14H2,1-4H3. The minimum absolute atomic E-state index is 0.0786. The van der Waals surface area contributed by atoms with Gasteiger partial charge in [-0.2, -0.15) is 0 Å². The highest BCUT2D eigenvalue weighted by Crippen LogP contribution is 2.38. The molecule has 24 heavy (non-hydrogen) atoms. The van der Waals surface area contributed by atoms with E-state index in [1.807, 2.05) is 33.8 Å². The first-order chi connectivity index (χ1) is 11.3. The Balaban J connectivity index is 1.82. The van der Waals surface area contributed by atoms with Gasteiger partial charge in [-0.05, 0) is 63.7 Å². The molecule has 4 nitrogen and oxygen atoms in total. The summed E-state index contributed by atoms with van der Waals surface area (Å²) in [6, 6.07) is 8.45. The molecule has 0 radical (unpaired) electrons. The Morgan fingerprint density at radius 1 is 1.17 bits per heavy atom. The minimum atomic E-state index is -0.504. The van der Waals surface area contributed by atoms with E-state index in [-0.39, 0.29) is 6.61 Å². The van der Waals surface area contributed by atoms with Crippen LogP contribution in [0.3, 0.4) is 0 Å². The summed E-state index contributed by atoms with van der Waals surface area (Å²) in [5, 5.41) is 9.83. The molecule has 2 fully saturated rings. The molecule has 2 aliphatic rings. The quantitative estimate of drug-likeness (QED) is 0.861. The molecule has 2 aliphatic heterocycles. The molecule has 0 saturated carbocycles. The Labute approximate surface area is 145 Å². The van der Waals surface area contributed by atoms with E-state index in [0.717, 1.165) is 24.1 Å². The van der Waals surface area contributed by atoms with Crippen LogP contribution in [0.15, 0.2) is 29.7 Å². The van der Waals surface area contributed by atoms with Crippen molar-refractivity contribution >= 4 is 18.9 Å². The van der Waals surface area contributed by atoms with E-state index < -0.39 is 18.3 Å². The van der Waals surface area contributed by atoms with Crippen molar-refractivity contribution in [2.24, 2.45) is 0 Å². The molecule has 0 aliphatic carbocycles. The Hall–Kier alpha value is -1.30. The van der Waals surface area contributed by atoms with E-state index >= 15 is 0 Å². The Morgan fingerprint density at radius 3 is 2.38 bits per heavy atom. The van der Waals surface area contributed by atoms with Gasteiger partial charge in [-0.3, -0.25) is 0 Å². The zero-order chi connectivity index (χ0) is 17.4. The predicted octanol–water partition coefficient (Wildman–Crippen LogP) is 3.29. The van der Waals surface area contributed by atoms with Crippen LogP contribution in [0.2, 0.25) is 0 Å². The van der Waals surface area contributed by atoms with Gasteiger partial charge in [0.15, 0.2) is 0 Å². The van der Waals surface area contributed by atoms with E-state index in [9.17, 15) is 5.11 Å². The summed E-state index contributed by atoms with van der Waals surface area (Å²) >= 11 is 0. The number of benzene rings is 1. The number of hydrogen-bond donors (Lipinski definition) is 1. The molecule has 0 unspecified atom stereocenters. The van der Waals surface area contributed by atoms with E-state index in [2.05, 4.69) is 29.2 Å². The van der Waals surface area contributed by atoms with Gasteiger partial charge in [0.05, 0.1) is 17.8 Å². The summed E-state index contributed by atoms with van der Waals surface area (Å²) in [5.74, 6) is 0. The van der Waals surface area contributed by atoms with Crippen molar-refractivity contribution in [3.05, 3.63) is 35.3 Å². The molecule has 130 valence electrons. The number of rotatable bonds is 4. The predicted molar refractivity (Wildman–Crippen MR) is 99.0 cm³/mol. The topological polar surface area (TPSA) is 41.9 Å². The van der Waals surface area contributed by atoms with Crippen molar-refractivity contribution in [2.75, 3.05) is 24.6 Å². The molecule has 5 heteroatoms. The molecule has 0 atom stereocenters. The van der Waals surface area contributed by atoms with Gasteiger partial charge in [0.25, 0.3) is 0 Å². The van der Waals surface area contributed by atoms with E-state index in [4.69, 9.17) is 9.31 Å². The molecule has 1 aromatic rings. The highest BCUT2D eigenvalue weighted by Gasteiger charge is 2.52. The summed E-state index contributed by atoms with van der Waals surface area (Å²) < 4.78 is 12.1. The van der Waals surface area contributed by atoms with Crippen LogP contribution in [0.4, 0.5) is 5.69 Å². The van der Waals surface area contributed by atoms with Crippen molar-refractivity contribution in [2.45, 2.75) is 51.7 Å². The van der Waals surface area contributed by atoms with Crippen molar-refractivity contribution < 1.29 is 14.4 Å². The first kappa shape index (κ1) is 17.5. The van der Waals surface area contributed by atoms with E-state index in [1.54, 1.807) is 0 Å². The molecule has 2 heterocycles.